The lowest BCUT2D eigenvalue weighted by atomic mass is 9.71. The number of halogens is 2. The molecule has 2 fully saturated rings. The molecular formula is C16H18F2N2O2. The van der Waals surface area contributed by atoms with Crippen molar-refractivity contribution in [2.24, 2.45) is 11.1 Å². The second kappa shape index (κ2) is 5.34. The average molecular weight is 308 g/mol. The minimum atomic E-state index is -1.65. The highest BCUT2D eigenvalue weighted by Crippen LogP contribution is 2.50. The van der Waals surface area contributed by atoms with Crippen molar-refractivity contribution in [1.82, 2.24) is 0 Å². The summed E-state index contributed by atoms with van der Waals surface area (Å²) >= 11 is 0. The van der Waals surface area contributed by atoms with Crippen molar-refractivity contribution < 1.29 is 18.4 Å². The van der Waals surface area contributed by atoms with Crippen molar-refractivity contribution in [1.29, 1.82) is 0 Å². The first-order chi connectivity index (χ1) is 10.5. The third-order valence-electron chi connectivity index (χ3n) is 4.85. The largest absolute Gasteiger partial charge is 0.368 e. The Balaban J connectivity index is 2.07. The Morgan fingerprint density at radius 3 is 2.55 bits per heavy atom. The van der Waals surface area contributed by atoms with Crippen LogP contribution in [0.4, 0.5) is 14.5 Å². The number of carbonyl (C=O) groups is 2. The zero-order valence-electron chi connectivity index (χ0n) is 12.1. The smallest absolute Gasteiger partial charge is 0.243 e. The van der Waals surface area contributed by atoms with Crippen LogP contribution >= 0.6 is 0 Å². The summed E-state index contributed by atoms with van der Waals surface area (Å²) in [4.78, 5) is 25.7. The fourth-order valence-corrected chi connectivity index (χ4v) is 3.76. The van der Waals surface area contributed by atoms with Crippen LogP contribution in [0.25, 0.3) is 0 Å². The number of alkyl halides is 1. The SMILES string of the molecule is NC(=O)C1C(F)C2(CCCCC2)C(=O)N1c1cccc(F)c1. The lowest BCUT2D eigenvalue weighted by Gasteiger charge is -2.32. The van der Waals surface area contributed by atoms with E-state index in [1.54, 1.807) is 0 Å². The first-order valence-electron chi connectivity index (χ1n) is 7.50. The van der Waals surface area contributed by atoms with E-state index in [9.17, 15) is 14.0 Å². The van der Waals surface area contributed by atoms with Gasteiger partial charge in [0.25, 0.3) is 0 Å². The molecule has 1 saturated carbocycles. The average Bonchev–Trinajstić information content (AvgIpc) is 2.70. The van der Waals surface area contributed by atoms with E-state index in [1.807, 2.05) is 0 Å². The summed E-state index contributed by atoms with van der Waals surface area (Å²) in [5, 5.41) is 0. The molecule has 2 amide bonds. The Bertz CT molecular complexity index is 614. The van der Waals surface area contributed by atoms with Crippen LogP contribution in [0.2, 0.25) is 0 Å². The van der Waals surface area contributed by atoms with E-state index in [1.165, 1.54) is 18.2 Å². The van der Waals surface area contributed by atoms with Gasteiger partial charge in [0, 0.05) is 5.69 Å². The number of carbonyl (C=O) groups excluding carboxylic acids is 2. The van der Waals surface area contributed by atoms with Gasteiger partial charge in [-0.15, -0.1) is 0 Å². The summed E-state index contributed by atoms with van der Waals surface area (Å²) in [6.45, 7) is 0. The van der Waals surface area contributed by atoms with Crippen molar-refractivity contribution in [2.45, 2.75) is 44.3 Å². The van der Waals surface area contributed by atoms with Gasteiger partial charge < -0.3 is 5.73 Å². The zero-order chi connectivity index (χ0) is 15.9. The Morgan fingerprint density at radius 2 is 1.95 bits per heavy atom. The Kier molecular flexibility index (Phi) is 3.62. The first-order valence-corrected chi connectivity index (χ1v) is 7.50. The molecule has 0 radical (unpaired) electrons. The van der Waals surface area contributed by atoms with E-state index in [2.05, 4.69) is 0 Å². The van der Waals surface area contributed by atoms with Crippen LogP contribution < -0.4 is 10.6 Å². The molecule has 6 heteroatoms. The molecule has 118 valence electrons. The number of hydrogen-bond acceptors (Lipinski definition) is 2. The molecule has 1 heterocycles. The van der Waals surface area contributed by atoms with Crippen molar-refractivity contribution in [3.63, 3.8) is 0 Å². The van der Waals surface area contributed by atoms with Gasteiger partial charge in [0.2, 0.25) is 11.8 Å². The number of rotatable bonds is 2. The molecule has 2 aliphatic rings. The molecule has 4 nitrogen and oxygen atoms in total. The molecule has 1 aromatic carbocycles. The third kappa shape index (κ3) is 2.09. The van der Waals surface area contributed by atoms with Gasteiger partial charge in [-0.25, -0.2) is 8.78 Å². The number of anilines is 1. The molecule has 1 aliphatic heterocycles. The molecule has 2 unspecified atom stereocenters. The van der Waals surface area contributed by atoms with Crippen LogP contribution in [-0.4, -0.2) is 24.0 Å². The van der Waals surface area contributed by atoms with Gasteiger partial charge in [-0.1, -0.05) is 25.3 Å². The quantitative estimate of drug-likeness (QED) is 0.911. The van der Waals surface area contributed by atoms with E-state index in [0.29, 0.717) is 12.8 Å². The highest BCUT2D eigenvalue weighted by molar-refractivity contribution is 6.07. The topological polar surface area (TPSA) is 63.4 Å². The number of nitrogens with zero attached hydrogens (tertiary/aromatic N) is 1. The second-order valence-electron chi connectivity index (χ2n) is 6.12. The molecule has 2 N–H and O–H groups in total. The van der Waals surface area contributed by atoms with Crippen LogP contribution in [-0.2, 0) is 9.59 Å². The fraction of sp³-hybridized carbons (Fsp3) is 0.500. The molecule has 2 atom stereocenters. The van der Waals surface area contributed by atoms with Crippen LogP contribution in [0.5, 0.6) is 0 Å². The van der Waals surface area contributed by atoms with Crippen molar-refractivity contribution in [2.75, 3.05) is 4.90 Å². The summed E-state index contributed by atoms with van der Waals surface area (Å²) in [7, 11) is 0. The molecule has 0 aromatic heterocycles. The molecule has 1 spiro atoms. The number of hydrogen-bond donors (Lipinski definition) is 1. The molecule has 1 saturated heterocycles. The van der Waals surface area contributed by atoms with Crippen LogP contribution in [0, 0.1) is 11.2 Å². The number of benzene rings is 1. The van der Waals surface area contributed by atoms with Gasteiger partial charge in [-0.2, -0.15) is 0 Å². The maximum absolute atomic E-state index is 15.0. The lowest BCUT2D eigenvalue weighted by molar-refractivity contribution is -0.129. The molecule has 22 heavy (non-hydrogen) atoms. The fourth-order valence-electron chi connectivity index (χ4n) is 3.76. The zero-order valence-corrected chi connectivity index (χ0v) is 12.1. The van der Waals surface area contributed by atoms with Gasteiger partial charge in [0.05, 0.1) is 5.41 Å². The Hall–Kier alpha value is -1.98. The van der Waals surface area contributed by atoms with E-state index >= 15 is 4.39 Å². The minimum absolute atomic E-state index is 0.180. The van der Waals surface area contributed by atoms with Crippen molar-refractivity contribution in [3.8, 4) is 0 Å². The monoisotopic (exact) mass is 308 g/mol. The van der Waals surface area contributed by atoms with Crippen LogP contribution in [0.3, 0.4) is 0 Å². The molecule has 0 bridgehead atoms. The standard InChI is InChI=1S/C16H18F2N2O2/c17-10-5-4-6-11(9-10)20-12(14(19)21)13(18)16(15(20)22)7-2-1-3-8-16/h4-6,9,12-13H,1-3,7-8H2,(H2,19,21). The maximum atomic E-state index is 15.0. The third-order valence-corrected chi connectivity index (χ3v) is 4.85. The number of primary amides is 1. The van der Waals surface area contributed by atoms with E-state index in [4.69, 9.17) is 5.73 Å². The van der Waals surface area contributed by atoms with Crippen molar-refractivity contribution >= 4 is 17.5 Å². The highest BCUT2D eigenvalue weighted by Gasteiger charge is 2.62. The van der Waals surface area contributed by atoms with Crippen LogP contribution in [0.15, 0.2) is 24.3 Å². The van der Waals surface area contributed by atoms with Gasteiger partial charge >= 0.3 is 0 Å². The first kappa shape index (κ1) is 14.9. The predicted octanol–water partition coefficient (Wildman–Crippen LogP) is 2.31. The highest BCUT2D eigenvalue weighted by atomic mass is 19.1. The predicted molar refractivity (Wildman–Crippen MR) is 77.3 cm³/mol. The number of nitrogens with two attached hydrogens (primary N) is 1. The second-order valence-corrected chi connectivity index (χ2v) is 6.12. The van der Waals surface area contributed by atoms with Crippen LogP contribution in [0.1, 0.15) is 32.1 Å². The lowest BCUT2D eigenvalue weighted by Crippen LogP contribution is -2.46. The van der Waals surface area contributed by atoms with E-state index in [-0.39, 0.29) is 5.69 Å². The van der Waals surface area contributed by atoms with Gasteiger partial charge in [-0.05, 0) is 31.0 Å². The van der Waals surface area contributed by atoms with Gasteiger partial charge in [0.1, 0.15) is 18.0 Å². The number of amides is 2. The Labute approximate surface area is 127 Å². The summed E-state index contributed by atoms with van der Waals surface area (Å²) in [5.41, 5.74) is 4.33. The summed E-state index contributed by atoms with van der Waals surface area (Å²) < 4.78 is 28.5. The van der Waals surface area contributed by atoms with E-state index in [0.717, 1.165) is 30.2 Å². The Morgan fingerprint density at radius 1 is 1.27 bits per heavy atom. The summed E-state index contributed by atoms with van der Waals surface area (Å²) in [6, 6.07) is 3.91. The molecular weight excluding hydrogens is 290 g/mol. The van der Waals surface area contributed by atoms with Crippen molar-refractivity contribution in [3.05, 3.63) is 30.1 Å². The maximum Gasteiger partial charge on any atom is 0.243 e. The van der Waals surface area contributed by atoms with E-state index < -0.39 is 35.3 Å². The molecule has 1 aliphatic carbocycles. The van der Waals surface area contributed by atoms with Gasteiger partial charge in [0.15, 0.2) is 0 Å². The summed E-state index contributed by atoms with van der Waals surface area (Å²) in [5.74, 6) is -1.89. The minimum Gasteiger partial charge on any atom is -0.368 e. The summed E-state index contributed by atoms with van der Waals surface area (Å²) in [6.07, 6.45) is 1.60. The van der Waals surface area contributed by atoms with Gasteiger partial charge in [-0.3, -0.25) is 14.5 Å². The molecule has 1 aromatic rings. The molecule has 3 rings (SSSR count). The normalized spacial score (nSPS) is 27.4.